The van der Waals surface area contributed by atoms with Gasteiger partial charge in [0.05, 0.1) is 22.3 Å². The van der Waals surface area contributed by atoms with Crippen LogP contribution in [-0.2, 0) is 28.3 Å². The third-order valence-electron chi connectivity index (χ3n) is 5.40. The summed E-state index contributed by atoms with van der Waals surface area (Å²) in [6.45, 7) is 8.35. The minimum Gasteiger partial charge on any atom is -0.426 e. The van der Waals surface area contributed by atoms with Crippen molar-refractivity contribution in [3.8, 4) is 5.75 Å². The Morgan fingerprint density at radius 2 is 1.81 bits per heavy atom. The second-order valence-electron chi connectivity index (χ2n) is 7.57. The van der Waals surface area contributed by atoms with Gasteiger partial charge in [-0.3, -0.25) is 4.79 Å². The molecular formula is C23H29N3O4S. The van der Waals surface area contributed by atoms with Gasteiger partial charge in [0, 0.05) is 26.6 Å². The molecule has 1 heterocycles. The summed E-state index contributed by atoms with van der Waals surface area (Å²) in [6, 6.07) is 10.6. The number of hydrogen-bond donors (Lipinski definition) is 0. The number of benzene rings is 2. The summed E-state index contributed by atoms with van der Waals surface area (Å²) < 4.78 is 34.4. The molecule has 0 atom stereocenters. The van der Waals surface area contributed by atoms with Gasteiger partial charge >= 0.3 is 5.97 Å². The molecule has 2 aromatic carbocycles. The topological polar surface area (TPSA) is 81.5 Å². The first-order valence-corrected chi connectivity index (χ1v) is 11.8. The van der Waals surface area contributed by atoms with E-state index >= 15 is 0 Å². The van der Waals surface area contributed by atoms with Crippen molar-refractivity contribution in [3.05, 3.63) is 53.3 Å². The fraction of sp³-hybridized carbons (Fsp3) is 0.391. The molecule has 0 saturated carbocycles. The number of hydrogen-bond acceptors (Lipinski definition) is 5. The minimum absolute atomic E-state index is 0.176. The molecule has 3 aromatic rings. The second kappa shape index (κ2) is 9.20. The van der Waals surface area contributed by atoms with E-state index in [2.05, 4.69) is 4.98 Å². The van der Waals surface area contributed by atoms with Gasteiger partial charge in [-0.1, -0.05) is 31.5 Å². The fourth-order valence-corrected chi connectivity index (χ4v) is 5.11. The van der Waals surface area contributed by atoms with E-state index in [0.29, 0.717) is 36.6 Å². The molecule has 1 aromatic heterocycles. The van der Waals surface area contributed by atoms with Crippen molar-refractivity contribution in [1.29, 1.82) is 0 Å². The van der Waals surface area contributed by atoms with Crippen LogP contribution in [0.5, 0.6) is 5.75 Å². The number of carbonyl (C=O) groups excluding carboxylic acids is 1. The molecule has 0 aliphatic heterocycles. The van der Waals surface area contributed by atoms with Crippen LogP contribution in [-0.4, -0.2) is 41.3 Å². The van der Waals surface area contributed by atoms with Gasteiger partial charge in [-0.05, 0) is 43.7 Å². The molecule has 0 fully saturated rings. The standard InChI is InChI=1S/C23H29N3O4S/c1-6-26(7-2)31(28,29)18-9-10-20-19(15-18)24-22(25(20)5)12-13-23(27)30-21-11-8-16(3)14-17(21)4/h8-11,14-15H,6-7,12-13H2,1-5H3. The first-order valence-electron chi connectivity index (χ1n) is 10.4. The Morgan fingerprint density at radius 1 is 1.10 bits per heavy atom. The Kier molecular flexibility index (Phi) is 6.81. The smallest absolute Gasteiger partial charge is 0.311 e. The third kappa shape index (κ3) is 4.80. The summed E-state index contributed by atoms with van der Waals surface area (Å²) in [5.41, 5.74) is 3.43. The number of imidazole rings is 1. The third-order valence-corrected chi connectivity index (χ3v) is 7.44. The largest absolute Gasteiger partial charge is 0.426 e. The van der Waals surface area contributed by atoms with E-state index in [1.54, 1.807) is 24.3 Å². The quantitative estimate of drug-likeness (QED) is 0.391. The SMILES string of the molecule is CCN(CC)S(=O)(=O)c1ccc2c(c1)nc(CCC(=O)Oc1ccc(C)cc1C)n2C. The van der Waals surface area contributed by atoms with E-state index in [-0.39, 0.29) is 17.3 Å². The van der Waals surface area contributed by atoms with Crippen LogP contribution >= 0.6 is 0 Å². The highest BCUT2D eigenvalue weighted by Gasteiger charge is 2.23. The summed E-state index contributed by atoms with van der Waals surface area (Å²) in [5.74, 6) is 0.931. The van der Waals surface area contributed by atoms with Crippen molar-refractivity contribution >= 4 is 27.0 Å². The number of rotatable bonds is 8. The van der Waals surface area contributed by atoms with Crippen LogP contribution < -0.4 is 4.74 Å². The first kappa shape index (κ1) is 23.0. The summed E-state index contributed by atoms with van der Waals surface area (Å²) in [5, 5.41) is 0. The number of nitrogens with zero attached hydrogens (tertiary/aromatic N) is 3. The molecule has 0 saturated heterocycles. The predicted octanol–water partition coefficient (Wildman–Crippen LogP) is 3.76. The van der Waals surface area contributed by atoms with Gasteiger partial charge in [0.25, 0.3) is 0 Å². The average Bonchev–Trinajstić information content (AvgIpc) is 3.04. The molecule has 7 nitrogen and oxygen atoms in total. The van der Waals surface area contributed by atoms with E-state index in [0.717, 1.165) is 16.6 Å². The molecule has 166 valence electrons. The van der Waals surface area contributed by atoms with E-state index < -0.39 is 10.0 Å². The maximum atomic E-state index is 12.8. The molecule has 0 N–H and O–H groups in total. The summed E-state index contributed by atoms with van der Waals surface area (Å²) in [6.07, 6.45) is 0.572. The molecule has 0 amide bonds. The Morgan fingerprint density at radius 3 is 2.45 bits per heavy atom. The van der Waals surface area contributed by atoms with Gasteiger partial charge in [-0.25, -0.2) is 13.4 Å². The maximum absolute atomic E-state index is 12.8. The van der Waals surface area contributed by atoms with Gasteiger partial charge in [-0.15, -0.1) is 0 Å². The highest BCUT2D eigenvalue weighted by Crippen LogP contribution is 2.23. The van der Waals surface area contributed by atoms with E-state index in [9.17, 15) is 13.2 Å². The molecule has 31 heavy (non-hydrogen) atoms. The molecule has 0 spiro atoms. The molecule has 0 aliphatic rings. The van der Waals surface area contributed by atoms with Gasteiger partial charge < -0.3 is 9.30 Å². The summed E-state index contributed by atoms with van der Waals surface area (Å²) in [7, 11) is -1.69. The Hall–Kier alpha value is -2.71. The second-order valence-corrected chi connectivity index (χ2v) is 9.51. The molecule has 3 rings (SSSR count). The molecule has 0 radical (unpaired) electrons. The number of aromatic nitrogens is 2. The van der Waals surface area contributed by atoms with Gasteiger partial charge in [0.1, 0.15) is 11.6 Å². The van der Waals surface area contributed by atoms with Crippen LogP contribution in [0.25, 0.3) is 11.0 Å². The number of ether oxygens (including phenoxy) is 1. The predicted molar refractivity (Wildman–Crippen MR) is 121 cm³/mol. The summed E-state index contributed by atoms with van der Waals surface area (Å²) in [4.78, 5) is 17.1. The fourth-order valence-electron chi connectivity index (χ4n) is 3.63. The zero-order chi connectivity index (χ0) is 22.8. The number of esters is 1. The van der Waals surface area contributed by atoms with E-state index in [4.69, 9.17) is 4.74 Å². The van der Waals surface area contributed by atoms with E-state index in [1.807, 2.05) is 51.4 Å². The highest BCUT2D eigenvalue weighted by atomic mass is 32.2. The van der Waals surface area contributed by atoms with Crippen LogP contribution in [0.15, 0.2) is 41.3 Å². The zero-order valence-electron chi connectivity index (χ0n) is 18.7. The van der Waals surface area contributed by atoms with Crippen LogP contribution in [0.4, 0.5) is 0 Å². The lowest BCUT2D eigenvalue weighted by atomic mass is 10.1. The van der Waals surface area contributed by atoms with Crippen LogP contribution in [0.2, 0.25) is 0 Å². The molecule has 0 unspecified atom stereocenters. The summed E-state index contributed by atoms with van der Waals surface area (Å²) >= 11 is 0. The lowest BCUT2D eigenvalue weighted by Gasteiger charge is -2.18. The van der Waals surface area contributed by atoms with Crippen LogP contribution in [0.1, 0.15) is 37.2 Å². The number of fused-ring (bicyclic) bond motifs is 1. The normalized spacial score (nSPS) is 11.9. The maximum Gasteiger partial charge on any atom is 0.311 e. The van der Waals surface area contributed by atoms with Crippen molar-refractivity contribution in [1.82, 2.24) is 13.9 Å². The molecule has 0 bridgehead atoms. The first-order chi connectivity index (χ1) is 14.7. The Bertz CT molecular complexity index is 1210. The molecule has 8 heteroatoms. The number of aryl methyl sites for hydroxylation is 4. The van der Waals surface area contributed by atoms with Crippen LogP contribution in [0, 0.1) is 13.8 Å². The lowest BCUT2D eigenvalue weighted by molar-refractivity contribution is -0.134. The van der Waals surface area contributed by atoms with Gasteiger partial charge in [0.2, 0.25) is 10.0 Å². The molecule has 0 aliphatic carbocycles. The number of sulfonamides is 1. The molecular weight excluding hydrogens is 414 g/mol. The average molecular weight is 444 g/mol. The van der Waals surface area contributed by atoms with Crippen molar-refractivity contribution in [2.24, 2.45) is 7.05 Å². The lowest BCUT2D eigenvalue weighted by Crippen LogP contribution is -2.30. The van der Waals surface area contributed by atoms with Gasteiger partial charge in [-0.2, -0.15) is 4.31 Å². The van der Waals surface area contributed by atoms with Crippen molar-refractivity contribution in [2.75, 3.05) is 13.1 Å². The van der Waals surface area contributed by atoms with Gasteiger partial charge in [0.15, 0.2) is 0 Å². The monoisotopic (exact) mass is 443 g/mol. The Labute approximate surface area is 183 Å². The van der Waals surface area contributed by atoms with Crippen molar-refractivity contribution in [2.45, 2.75) is 45.4 Å². The number of carbonyl (C=O) groups is 1. The van der Waals surface area contributed by atoms with Crippen molar-refractivity contribution < 1.29 is 17.9 Å². The Balaban J connectivity index is 1.77. The highest BCUT2D eigenvalue weighted by molar-refractivity contribution is 7.89. The van der Waals surface area contributed by atoms with Crippen molar-refractivity contribution in [3.63, 3.8) is 0 Å². The zero-order valence-corrected chi connectivity index (χ0v) is 19.5. The minimum atomic E-state index is -3.55. The van der Waals surface area contributed by atoms with Crippen LogP contribution in [0.3, 0.4) is 0 Å². The van der Waals surface area contributed by atoms with E-state index in [1.165, 1.54) is 4.31 Å².